The Morgan fingerprint density at radius 1 is 1.50 bits per heavy atom. The number of aliphatic hydroxyl groups excluding tert-OH is 4. The lowest BCUT2D eigenvalue weighted by atomic mass is 9.85. The third-order valence-corrected chi connectivity index (χ3v) is 3.19. The first-order valence-corrected chi connectivity index (χ1v) is 5.51. The molecule has 0 bridgehead atoms. The molecule has 1 aliphatic rings. The Bertz CT molecular complexity index is 308. The van der Waals surface area contributed by atoms with Gasteiger partial charge in [-0.1, -0.05) is 6.92 Å². The number of ether oxygens (including phenoxy) is 1. The molecule has 18 heavy (non-hydrogen) atoms. The smallest absolute Gasteiger partial charge is 0.364 e. The molecule has 1 saturated heterocycles. The molecule has 0 aromatic rings. The van der Waals surface area contributed by atoms with Crippen molar-refractivity contribution in [1.29, 1.82) is 0 Å². The van der Waals surface area contributed by atoms with Crippen molar-refractivity contribution in [2.75, 3.05) is 6.61 Å². The minimum Gasteiger partial charge on any atom is -0.477 e. The van der Waals surface area contributed by atoms with Crippen LogP contribution in [0.2, 0.25) is 0 Å². The molecule has 1 aliphatic heterocycles. The quantitative estimate of drug-likeness (QED) is 0.321. The summed E-state index contributed by atoms with van der Waals surface area (Å²) in [5.41, 5.74) is 0. The van der Waals surface area contributed by atoms with Gasteiger partial charge in [-0.2, -0.15) is 0 Å². The van der Waals surface area contributed by atoms with E-state index in [1.165, 1.54) is 6.92 Å². The zero-order chi connectivity index (χ0) is 14.1. The molecule has 0 spiro atoms. The summed E-state index contributed by atoms with van der Waals surface area (Å²) in [7, 11) is 0. The van der Waals surface area contributed by atoms with Crippen molar-refractivity contribution >= 4 is 5.97 Å². The maximum atomic E-state index is 10.9. The minimum absolute atomic E-state index is 0.540. The molecule has 0 amide bonds. The molecule has 8 nitrogen and oxygen atoms in total. The number of carboxylic acid groups (broad SMARTS) is 1. The van der Waals surface area contributed by atoms with Crippen molar-refractivity contribution in [1.82, 2.24) is 0 Å². The predicted molar refractivity (Wildman–Crippen MR) is 56.3 cm³/mol. The predicted octanol–water partition coefficient (Wildman–Crippen LogP) is -2.74. The molecule has 0 aromatic heterocycles. The van der Waals surface area contributed by atoms with Gasteiger partial charge in [0.25, 0.3) is 5.79 Å². The summed E-state index contributed by atoms with van der Waals surface area (Å²) in [5.74, 6) is -5.02. The summed E-state index contributed by atoms with van der Waals surface area (Å²) in [4.78, 5) is 10.9. The number of rotatable bonds is 4. The lowest BCUT2D eigenvalue weighted by molar-refractivity contribution is -0.302. The van der Waals surface area contributed by atoms with Crippen LogP contribution in [-0.2, 0) is 9.53 Å². The molecule has 0 aromatic carbocycles. The first kappa shape index (κ1) is 15.3. The molecule has 2 unspecified atom stereocenters. The fraction of sp³-hybridized carbons (Fsp3) is 0.900. The third kappa shape index (κ3) is 2.79. The van der Waals surface area contributed by atoms with Crippen molar-refractivity contribution in [2.24, 2.45) is 5.92 Å². The van der Waals surface area contributed by atoms with E-state index in [-0.39, 0.29) is 0 Å². The SMILES string of the molecule is C[C@H]1C([C@H](O)[C@H](O)CO)OC(O)(C(=O)O)C[C@H]1O. The summed E-state index contributed by atoms with van der Waals surface area (Å²) < 4.78 is 4.88. The van der Waals surface area contributed by atoms with Gasteiger partial charge in [-0.25, -0.2) is 4.79 Å². The zero-order valence-corrected chi connectivity index (χ0v) is 9.80. The molecule has 0 radical (unpaired) electrons. The number of aliphatic hydroxyl groups is 5. The van der Waals surface area contributed by atoms with E-state index in [4.69, 9.17) is 14.9 Å². The van der Waals surface area contributed by atoms with Gasteiger partial charge < -0.3 is 35.4 Å². The van der Waals surface area contributed by atoms with Crippen LogP contribution in [0.25, 0.3) is 0 Å². The van der Waals surface area contributed by atoms with Crippen molar-refractivity contribution in [2.45, 2.75) is 43.5 Å². The topological polar surface area (TPSA) is 148 Å². The van der Waals surface area contributed by atoms with Gasteiger partial charge >= 0.3 is 5.97 Å². The average Bonchev–Trinajstić information content (AvgIpc) is 2.31. The highest BCUT2D eigenvalue weighted by atomic mass is 16.7. The largest absolute Gasteiger partial charge is 0.477 e. The minimum atomic E-state index is -2.62. The van der Waals surface area contributed by atoms with E-state index in [1.54, 1.807) is 0 Å². The van der Waals surface area contributed by atoms with Crippen molar-refractivity contribution in [3.63, 3.8) is 0 Å². The van der Waals surface area contributed by atoms with Gasteiger partial charge in [-0.05, 0) is 0 Å². The number of hydrogen-bond donors (Lipinski definition) is 6. The van der Waals surface area contributed by atoms with Crippen LogP contribution in [0, 0.1) is 5.92 Å². The van der Waals surface area contributed by atoms with Crippen LogP contribution in [0.4, 0.5) is 0 Å². The van der Waals surface area contributed by atoms with E-state index in [2.05, 4.69) is 0 Å². The van der Waals surface area contributed by atoms with Crippen LogP contribution in [0.3, 0.4) is 0 Å². The van der Waals surface area contributed by atoms with E-state index in [0.717, 1.165) is 0 Å². The summed E-state index contributed by atoms with van der Waals surface area (Å²) in [6.45, 7) is 0.722. The van der Waals surface area contributed by atoms with Crippen LogP contribution in [0.5, 0.6) is 0 Å². The second-order valence-corrected chi connectivity index (χ2v) is 4.54. The van der Waals surface area contributed by atoms with Crippen molar-refractivity contribution in [3.05, 3.63) is 0 Å². The average molecular weight is 266 g/mol. The van der Waals surface area contributed by atoms with Crippen molar-refractivity contribution < 1.29 is 40.2 Å². The van der Waals surface area contributed by atoms with Gasteiger partial charge in [0.05, 0.1) is 18.8 Å². The van der Waals surface area contributed by atoms with Gasteiger partial charge in [0, 0.05) is 12.3 Å². The summed E-state index contributed by atoms with van der Waals surface area (Å²) in [6.07, 6.45) is -6.24. The molecule has 1 rings (SSSR count). The van der Waals surface area contributed by atoms with Gasteiger partial charge in [-0.3, -0.25) is 0 Å². The second kappa shape index (κ2) is 5.47. The van der Waals surface area contributed by atoms with Gasteiger partial charge in [-0.15, -0.1) is 0 Å². The normalized spacial score (nSPS) is 40.2. The van der Waals surface area contributed by atoms with Crippen LogP contribution < -0.4 is 0 Å². The standard InChI is InChI=1S/C10H18O8/c1-4-5(12)2-10(17,9(15)16)18-8(4)7(14)6(13)3-11/h4-8,11-14,17H,2-3H2,1H3,(H,15,16)/t4-,5-,6-,7-,8?,10?/m1/s1. The fourth-order valence-electron chi connectivity index (χ4n) is 1.91. The number of aliphatic carboxylic acids is 1. The monoisotopic (exact) mass is 266 g/mol. The molecular formula is C10H18O8. The Kier molecular flexibility index (Phi) is 4.65. The van der Waals surface area contributed by atoms with E-state index >= 15 is 0 Å². The second-order valence-electron chi connectivity index (χ2n) is 4.54. The van der Waals surface area contributed by atoms with Gasteiger partial charge in [0.2, 0.25) is 0 Å². The molecule has 0 aliphatic carbocycles. The highest BCUT2D eigenvalue weighted by molar-refractivity contribution is 5.75. The van der Waals surface area contributed by atoms with E-state index in [0.29, 0.717) is 0 Å². The highest BCUT2D eigenvalue weighted by Gasteiger charge is 2.51. The highest BCUT2D eigenvalue weighted by Crippen LogP contribution is 2.33. The Morgan fingerprint density at radius 2 is 2.06 bits per heavy atom. The third-order valence-electron chi connectivity index (χ3n) is 3.19. The molecule has 6 N–H and O–H groups in total. The first-order chi connectivity index (χ1) is 8.23. The summed E-state index contributed by atoms with van der Waals surface area (Å²) >= 11 is 0. The molecule has 6 atom stereocenters. The summed E-state index contributed by atoms with van der Waals surface area (Å²) in [5, 5.41) is 55.9. The lowest BCUT2D eigenvalue weighted by Crippen LogP contribution is -2.60. The first-order valence-electron chi connectivity index (χ1n) is 5.51. The molecule has 106 valence electrons. The Hall–Kier alpha value is -0.770. The van der Waals surface area contributed by atoms with E-state index in [1.807, 2.05) is 0 Å². The number of carbonyl (C=O) groups is 1. The van der Waals surface area contributed by atoms with E-state index in [9.17, 15) is 25.2 Å². The molecular weight excluding hydrogens is 248 g/mol. The van der Waals surface area contributed by atoms with Crippen LogP contribution >= 0.6 is 0 Å². The van der Waals surface area contributed by atoms with Crippen LogP contribution in [-0.4, -0.2) is 73.4 Å². The maximum absolute atomic E-state index is 10.9. The van der Waals surface area contributed by atoms with Gasteiger partial charge in [0.1, 0.15) is 12.2 Å². The maximum Gasteiger partial charge on any atom is 0.364 e. The molecule has 8 heteroatoms. The van der Waals surface area contributed by atoms with Crippen LogP contribution in [0.15, 0.2) is 0 Å². The molecule has 0 saturated carbocycles. The van der Waals surface area contributed by atoms with Crippen molar-refractivity contribution in [3.8, 4) is 0 Å². The number of carboxylic acids is 1. The Labute approximate surface area is 103 Å². The Balaban J connectivity index is 2.92. The molecule has 1 fully saturated rings. The Morgan fingerprint density at radius 3 is 2.50 bits per heavy atom. The van der Waals surface area contributed by atoms with E-state index < -0.39 is 55.1 Å². The van der Waals surface area contributed by atoms with Crippen LogP contribution in [0.1, 0.15) is 13.3 Å². The summed E-state index contributed by atoms with van der Waals surface area (Å²) in [6, 6.07) is 0. The fourth-order valence-corrected chi connectivity index (χ4v) is 1.91. The zero-order valence-electron chi connectivity index (χ0n) is 9.80. The van der Waals surface area contributed by atoms with Gasteiger partial charge in [0.15, 0.2) is 0 Å². The number of hydrogen-bond acceptors (Lipinski definition) is 7. The molecule has 1 heterocycles. The lowest BCUT2D eigenvalue weighted by Gasteiger charge is -2.43.